The highest BCUT2D eigenvalue weighted by atomic mass is 16.2. The first-order valence-corrected chi connectivity index (χ1v) is 7.37. The van der Waals surface area contributed by atoms with Gasteiger partial charge >= 0.3 is 6.03 Å². The van der Waals surface area contributed by atoms with Crippen molar-refractivity contribution < 1.29 is 14.4 Å². The Morgan fingerprint density at radius 2 is 2.05 bits per heavy atom. The third-order valence-electron chi connectivity index (χ3n) is 4.56. The van der Waals surface area contributed by atoms with Gasteiger partial charge in [-0.3, -0.25) is 14.9 Å². The number of amides is 4. The lowest BCUT2D eigenvalue weighted by Crippen LogP contribution is -2.49. The van der Waals surface area contributed by atoms with Crippen LogP contribution in [-0.4, -0.2) is 41.4 Å². The summed E-state index contributed by atoms with van der Waals surface area (Å²) in [5, 5.41) is 4.90. The van der Waals surface area contributed by atoms with Crippen molar-refractivity contribution >= 4 is 17.8 Å². The molecule has 0 saturated carbocycles. The van der Waals surface area contributed by atoms with E-state index in [1.165, 1.54) is 5.56 Å². The fourth-order valence-corrected chi connectivity index (χ4v) is 3.04. The number of aryl methyl sites for hydroxylation is 2. The molecule has 2 fully saturated rings. The van der Waals surface area contributed by atoms with Crippen LogP contribution in [-0.2, 0) is 16.0 Å². The van der Waals surface area contributed by atoms with Crippen molar-refractivity contribution in [2.24, 2.45) is 0 Å². The number of urea groups is 1. The normalized spacial score (nSPS) is 23.8. The molecule has 2 saturated heterocycles. The Balaban J connectivity index is 1.68. The minimum atomic E-state index is -0.935. The molecule has 2 aliphatic rings. The monoisotopic (exact) mass is 301 g/mol. The fourth-order valence-electron chi connectivity index (χ4n) is 3.04. The van der Waals surface area contributed by atoms with E-state index < -0.39 is 11.6 Å². The highest BCUT2D eigenvalue weighted by Gasteiger charge is 2.51. The number of benzene rings is 1. The number of carbonyl (C=O) groups excluding carboxylic acids is 3. The third-order valence-corrected chi connectivity index (χ3v) is 4.56. The minimum Gasteiger partial charge on any atom is -0.339 e. The molecule has 1 atom stereocenters. The van der Waals surface area contributed by atoms with Gasteiger partial charge in [-0.1, -0.05) is 18.2 Å². The van der Waals surface area contributed by atoms with Crippen LogP contribution in [0.1, 0.15) is 23.1 Å². The van der Waals surface area contributed by atoms with Crippen LogP contribution in [0.15, 0.2) is 18.2 Å². The summed E-state index contributed by atoms with van der Waals surface area (Å²) in [7, 11) is 0. The first kappa shape index (κ1) is 14.6. The number of imide groups is 1. The number of carbonyl (C=O) groups is 3. The average Bonchev–Trinajstić information content (AvgIpc) is 2.99. The standard InChI is InChI=1S/C16H19N3O3/c1-10-3-4-12(7-11(10)2)8-13(20)19-6-5-16(9-19)14(21)17-15(22)18-16/h3-4,7H,5-6,8-9H2,1-2H3,(H2,17,18,21,22). The molecule has 6 heteroatoms. The van der Waals surface area contributed by atoms with E-state index in [0.29, 0.717) is 19.4 Å². The largest absolute Gasteiger partial charge is 0.339 e. The molecule has 116 valence electrons. The Morgan fingerprint density at radius 3 is 2.68 bits per heavy atom. The topological polar surface area (TPSA) is 78.5 Å². The van der Waals surface area contributed by atoms with Crippen LogP contribution in [0.2, 0.25) is 0 Å². The zero-order valence-corrected chi connectivity index (χ0v) is 12.7. The second-order valence-corrected chi connectivity index (χ2v) is 6.15. The molecule has 0 aromatic heterocycles. The van der Waals surface area contributed by atoms with Crippen molar-refractivity contribution in [3.63, 3.8) is 0 Å². The van der Waals surface area contributed by atoms with Crippen molar-refractivity contribution in [3.05, 3.63) is 34.9 Å². The Morgan fingerprint density at radius 1 is 1.27 bits per heavy atom. The number of rotatable bonds is 2. The summed E-state index contributed by atoms with van der Waals surface area (Å²) in [6.07, 6.45) is 0.774. The zero-order chi connectivity index (χ0) is 15.9. The second kappa shape index (κ2) is 5.12. The zero-order valence-electron chi connectivity index (χ0n) is 12.7. The Labute approximate surface area is 128 Å². The molecule has 1 aromatic carbocycles. The summed E-state index contributed by atoms with van der Waals surface area (Å²) in [4.78, 5) is 37.3. The average molecular weight is 301 g/mol. The quantitative estimate of drug-likeness (QED) is 0.788. The Kier molecular flexibility index (Phi) is 3.39. The van der Waals surface area contributed by atoms with E-state index in [1.807, 2.05) is 32.0 Å². The van der Waals surface area contributed by atoms with Gasteiger partial charge in [-0.15, -0.1) is 0 Å². The lowest BCUT2D eigenvalue weighted by molar-refractivity contribution is -0.130. The van der Waals surface area contributed by atoms with Gasteiger partial charge in [-0.25, -0.2) is 4.79 Å². The van der Waals surface area contributed by atoms with Crippen LogP contribution in [0.5, 0.6) is 0 Å². The molecule has 0 radical (unpaired) electrons. The van der Waals surface area contributed by atoms with Crippen LogP contribution in [0, 0.1) is 13.8 Å². The fraction of sp³-hybridized carbons (Fsp3) is 0.438. The van der Waals surface area contributed by atoms with Crippen molar-refractivity contribution in [1.82, 2.24) is 15.5 Å². The highest BCUT2D eigenvalue weighted by Crippen LogP contribution is 2.25. The number of nitrogens with zero attached hydrogens (tertiary/aromatic N) is 1. The molecule has 2 N–H and O–H groups in total. The van der Waals surface area contributed by atoms with Gasteiger partial charge in [0, 0.05) is 6.54 Å². The van der Waals surface area contributed by atoms with E-state index in [-0.39, 0.29) is 18.4 Å². The predicted molar refractivity (Wildman–Crippen MR) is 80.2 cm³/mol. The summed E-state index contributed by atoms with van der Waals surface area (Å²) in [5.74, 6) is -0.354. The highest BCUT2D eigenvalue weighted by molar-refractivity contribution is 6.07. The lowest BCUT2D eigenvalue weighted by atomic mass is 9.99. The van der Waals surface area contributed by atoms with Gasteiger partial charge in [0.2, 0.25) is 5.91 Å². The first-order chi connectivity index (χ1) is 10.4. The molecule has 2 heterocycles. The summed E-state index contributed by atoms with van der Waals surface area (Å²) in [5.41, 5.74) is 2.39. The summed E-state index contributed by atoms with van der Waals surface area (Å²) >= 11 is 0. The van der Waals surface area contributed by atoms with Gasteiger partial charge in [0.1, 0.15) is 5.54 Å². The smallest absolute Gasteiger partial charge is 0.322 e. The maximum Gasteiger partial charge on any atom is 0.322 e. The predicted octanol–water partition coefficient (Wildman–Crippen LogP) is 0.656. The van der Waals surface area contributed by atoms with Gasteiger partial charge < -0.3 is 10.2 Å². The van der Waals surface area contributed by atoms with Crippen molar-refractivity contribution in [1.29, 1.82) is 0 Å². The van der Waals surface area contributed by atoms with E-state index in [9.17, 15) is 14.4 Å². The van der Waals surface area contributed by atoms with Gasteiger partial charge in [0.25, 0.3) is 5.91 Å². The number of likely N-dealkylation sites (tertiary alicyclic amines) is 1. The van der Waals surface area contributed by atoms with Gasteiger partial charge in [0.15, 0.2) is 0 Å². The van der Waals surface area contributed by atoms with E-state index in [4.69, 9.17) is 0 Å². The molecule has 3 rings (SSSR count). The van der Waals surface area contributed by atoms with Crippen LogP contribution in [0.3, 0.4) is 0 Å². The molecule has 2 aliphatic heterocycles. The number of hydrogen-bond acceptors (Lipinski definition) is 3. The second-order valence-electron chi connectivity index (χ2n) is 6.15. The van der Waals surface area contributed by atoms with Crippen LogP contribution >= 0.6 is 0 Å². The maximum absolute atomic E-state index is 12.4. The molecular weight excluding hydrogens is 282 g/mol. The molecule has 1 aromatic rings. The lowest BCUT2D eigenvalue weighted by Gasteiger charge is -2.21. The Bertz CT molecular complexity index is 671. The molecule has 1 spiro atoms. The minimum absolute atomic E-state index is 0.0194. The van der Waals surface area contributed by atoms with E-state index >= 15 is 0 Å². The summed E-state index contributed by atoms with van der Waals surface area (Å²) in [6.45, 7) is 4.78. The SMILES string of the molecule is Cc1ccc(CC(=O)N2CCC3(C2)NC(=O)NC3=O)cc1C. The van der Waals surface area contributed by atoms with Gasteiger partial charge in [0.05, 0.1) is 13.0 Å². The summed E-state index contributed by atoms with van der Waals surface area (Å²) in [6, 6.07) is 5.50. The summed E-state index contributed by atoms with van der Waals surface area (Å²) < 4.78 is 0. The number of hydrogen-bond donors (Lipinski definition) is 2. The molecular formula is C16H19N3O3. The molecule has 6 nitrogen and oxygen atoms in total. The number of nitrogens with one attached hydrogen (secondary N) is 2. The third kappa shape index (κ3) is 2.45. The molecule has 4 amide bonds. The van der Waals surface area contributed by atoms with Crippen LogP contribution in [0.25, 0.3) is 0 Å². The molecule has 1 unspecified atom stereocenters. The van der Waals surface area contributed by atoms with E-state index in [1.54, 1.807) is 4.90 Å². The molecule has 0 aliphatic carbocycles. The van der Waals surface area contributed by atoms with Crippen LogP contribution < -0.4 is 10.6 Å². The first-order valence-electron chi connectivity index (χ1n) is 7.37. The molecule has 22 heavy (non-hydrogen) atoms. The van der Waals surface area contributed by atoms with E-state index in [2.05, 4.69) is 10.6 Å². The van der Waals surface area contributed by atoms with Crippen molar-refractivity contribution in [3.8, 4) is 0 Å². The Hall–Kier alpha value is -2.37. The van der Waals surface area contributed by atoms with Gasteiger partial charge in [-0.05, 0) is 37.0 Å². The van der Waals surface area contributed by atoms with Crippen LogP contribution in [0.4, 0.5) is 4.79 Å². The van der Waals surface area contributed by atoms with Gasteiger partial charge in [-0.2, -0.15) is 0 Å². The maximum atomic E-state index is 12.4. The van der Waals surface area contributed by atoms with Crippen molar-refractivity contribution in [2.45, 2.75) is 32.2 Å². The molecule has 0 bridgehead atoms. The van der Waals surface area contributed by atoms with Crippen molar-refractivity contribution in [2.75, 3.05) is 13.1 Å². The van der Waals surface area contributed by atoms with E-state index in [0.717, 1.165) is 11.1 Å².